The summed E-state index contributed by atoms with van der Waals surface area (Å²) < 4.78 is 0. The summed E-state index contributed by atoms with van der Waals surface area (Å²) in [5, 5.41) is 23.2. The average molecular weight is 885 g/mol. The highest BCUT2D eigenvalue weighted by atomic mass is 16.3. The Kier molecular flexibility index (Phi) is 53.7. The van der Waals surface area contributed by atoms with Crippen LogP contribution in [0.4, 0.5) is 0 Å². The molecule has 0 bridgehead atoms. The highest BCUT2D eigenvalue weighted by molar-refractivity contribution is 5.76. The molecule has 0 fully saturated rings. The van der Waals surface area contributed by atoms with Crippen molar-refractivity contribution in [1.82, 2.24) is 5.32 Å². The number of aliphatic hydroxyl groups is 2. The molecule has 372 valence electrons. The van der Waals surface area contributed by atoms with E-state index >= 15 is 0 Å². The third-order valence-electron chi connectivity index (χ3n) is 13.3. The molecule has 4 nitrogen and oxygen atoms in total. The number of unbranched alkanes of at least 4 members (excludes halogenated alkanes) is 42. The van der Waals surface area contributed by atoms with Gasteiger partial charge in [0.05, 0.1) is 18.8 Å². The Hall–Kier alpha value is -1.39. The van der Waals surface area contributed by atoms with Crippen LogP contribution in [-0.2, 0) is 4.79 Å². The fourth-order valence-corrected chi connectivity index (χ4v) is 8.96. The minimum Gasteiger partial charge on any atom is -0.394 e. The number of hydrogen-bond donors (Lipinski definition) is 3. The van der Waals surface area contributed by atoms with Gasteiger partial charge in [-0.2, -0.15) is 0 Å². The first-order valence-electron chi connectivity index (χ1n) is 28.7. The second-order valence-electron chi connectivity index (χ2n) is 19.7. The van der Waals surface area contributed by atoms with Gasteiger partial charge < -0.3 is 15.5 Å². The van der Waals surface area contributed by atoms with E-state index in [1.54, 1.807) is 6.08 Å². The summed E-state index contributed by atoms with van der Waals surface area (Å²) in [6, 6.07) is -0.640. The lowest BCUT2D eigenvalue weighted by molar-refractivity contribution is -0.123. The van der Waals surface area contributed by atoms with E-state index in [9.17, 15) is 15.0 Å². The van der Waals surface area contributed by atoms with Crippen LogP contribution in [0, 0.1) is 0 Å². The van der Waals surface area contributed by atoms with E-state index < -0.39 is 12.1 Å². The van der Waals surface area contributed by atoms with E-state index in [0.29, 0.717) is 6.42 Å². The van der Waals surface area contributed by atoms with E-state index in [-0.39, 0.29) is 12.5 Å². The van der Waals surface area contributed by atoms with Crippen molar-refractivity contribution in [2.75, 3.05) is 6.61 Å². The van der Waals surface area contributed by atoms with E-state index in [4.69, 9.17) is 0 Å². The number of hydrogen-bond acceptors (Lipinski definition) is 3. The maximum absolute atomic E-state index is 12.5. The summed E-state index contributed by atoms with van der Waals surface area (Å²) in [7, 11) is 0. The molecule has 0 aromatic heterocycles. The lowest BCUT2D eigenvalue weighted by Gasteiger charge is -2.19. The molecule has 4 heteroatoms. The maximum atomic E-state index is 12.5. The van der Waals surface area contributed by atoms with Gasteiger partial charge in [0, 0.05) is 6.42 Å². The van der Waals surface area contributed by atoms with Gasteiger partial charge in [-0.3, -0.25) is 4.79 Å². The zero-order valence-corrected chi connectivity index (χ0v) is 42.9. The van der Waals surface area contributed by atoms with Gasteiger partial charge in [-0.25, -0.2) is 0 Å². The fraction of sp³-hybridized carbons (Fsp3) is 0.881. The topological polar surface area (TPSA) is 69.6 Å². The zero-order valence-electron chi connectivity index (χ0n) is 42.9. The number of nitrogens with one attached hydrogen (secondary N) is 1. The molecule has 2 atom stereocenters. The highest BCUT2D eigenvalue weighted by Gasteiger charge is 2.18. The standard InChI is InChI=1S/C59H113NO3/c1-3-5-7-9-11-13-15-17-19-21-23-25-27-28-29-30-31-33-34-36-38-40-42-44-46-48-50-52-54-58(62)57(56-61)60-59(63)55-53-51-49-47-45-43-41-39-37-35-32-26-24-22-20-18-16-14-12-10-8-6-4-2/h22,24,44,46,52,54,57-58,61-62H,3-21,23,25-43,45,47-51,53,55-56H2,1-2H3,(H,60,63)/b24-22-,46-44+,54-52+. The van der Waals surface area contributed by atoms with Gasteiger partial charge in [-0.05, 0) is 57.8 Å². The largest absolute Gasteiger partial charge is 0.394 e. The van der Waals surface area contributed by atoms with Crippen LogP contribution in [0.2, 0.25) is 0 Å². The molecule has 0 rings (SSSR count). The van der Waals surface area contributed by atoms with Crippen molar-refractivity contribution >= 4 is 5.91 Å². The van der Waals surface area contributed by atoms with Crippen molar-refractivity contribution in [1.29, 1.82) is 0 Å². The minimum absolute atomic E-state index is 0.0705. The summed E-state index contributed by atoms with van der Waals surface area (Å²) in [5.74, 6) is -0.0705. The van der Waals surface area contributed by atoms with Crippen LogP contribution in [0.3, 0.4) is 0 Å². The molecule has 2 unspecified atom stereocenters. The molecule has 63 heavy (non-hydrogen) atoms. The smallest absolute Gasteiger partial charge is 0.220 e. The minimum atomic E-state index is -0.863. The van der Waals surface area contributed by atoms with Crippen molar-refractivity contribution in [2.45, 2.75) is 328 Å². The van der Waals surface area contributed by atoms with Crippen LogP contribution in [0.1, 0.15) is 316 Å². The van der Waals surface area contributed by atoms with Gasteiger partial charge in [-0.15, -0.1) is 0 Å². The molecule has 0 saturated heterocycles. The monoisotopic (exact) mass is 884 g/mol. The molecule has 3 N–H and O–H groups in total. The van der Waals surface area contributed by atoms with Crippen molar-refractivity contribution < 1.29 is 15.0 Å². The van der Waals surface area contributed by atoms with Crippen molar-refractivity contribution in [2.24, 2.45) is 0 Å². The van der Waals surface area contributed by atoms with E-state index in [1.807, 2.05) is 6.08 Å². The maximum Gasteiger partial charge on any atom is 0.220 e. The average Bonchev–Trinajstić information content (AvgIpc) is 3.29. The molecule has 0 aliphatic heterocycles. The predicted octanol–water partition coefficient (Wildman–Crippen LogP) is 18.9. The van der Waals surface area contributed by atoms with Gasteiger partial charge in [0.2, 0.25) is 5.91 Å². The van der Waals surface area contributed by atoms with Crippen molar-refractivity contribution in [3.05, 3.63) is 36.5 Å². The lowest BCUT2D eigenvalue weighted by Crippen LogP contribution is -2.45. The Labute approximate surface area is 395 Å². The first-order chi connectivity index (χ1) is 31.2. The normalized spacial score (nSPS) is 13.0. The van der Waals surface area contributed by atoms with Crippen LogP contribution >= 0.6 is 0 Å². The van der Waals surface area contributed by atoms with Gasteiger partial charge in [0.25, 0.3) is 0 Å². The first kappa shape index (κ1) is 61.6. The zero-order chi connectivity index (χ0) is 45.6. The SMILES string of the molecule is CCCCCCCCCC/C=C\CCCCCCCCCCCCCC(=O)NC(CO)C(O)/C=C/CC/C=C/CCCCCCCCCCCCCCCCCCCCCCCC. The van der Waals surface area contributed by atoms with Crippen LogP contribution < -0.4 is 5.32 Å². The third kappa shape index (κ3) is 51.5. The van der Waals surface area contributed by atoms with Crippen LogP contribution in [0.5, 0.6) is 0 Å². The summed E-state index contributed by atoms with van der Waals surface area (Å²) in [4.78, 5) is 12.5. The molecule has 0 aliphatic carbocycles. The molecule has 0 aromatic carbocycles. The first-order valence-corrected chi connectivity index (χ1v) is 28.7. The highest BCUT2D eigenvalue weighted by Crippen LogP contribution is 2.17. The van der Waals surface area contributed by atoms with Gasteiger partial charge in [0.1, 0.15) is 0 Å². The Balaban J connectivity index is 3.51. The van der Waals surface area contributed by atoms with Gasteiger partial charge in [-0.1, -0.05) is 288 Å². The molecular weight excluding hydrogens is 771 g/mol. The fourth-order valence-electron chi connectivity index (χ4n) is 8.96. The number of allylic oxidation sites excluding steroid dienone is 5. The van der Waals surface area contributed by atoms with Crippen LogP contribution in [0.25, 0.3) is 0 Å². The summed E-state index contributed by atoms with van der Waals surface area (Å²) in [6.07, 6.45) is 74.6. The third-order valence-corrected chi connectivity index (χ3v) is 13.3. The molecule has 1 amide bonds. The van der Waals surface area contributed by atoms with Crippen LogP contribution in [-0.4, -0.2) is 34.9 Å². The summed E-state index contributed by atoms with van der Waals surface area (Å²) in [5.41, 5.74) is 0. The Morgan fingerprint density at radius 3 is 0.921 bits per heavy atom. The summed E-state index contributed by atoms with van der Waals surface area (Å²) >= 11 is 0. The second kappa shape index (κ2) is 54.9. The lowest BCUT2D eigenvalue weighted by atomic mass is 10.0. The molecule has 0 aliphatic rings. The quantitative estimate of drug-likeness (QED) is 0.0421. The Morgan fingerprint density at radius 2 is 0.619 bits per heavy atom. The molecular formula is C59H113NO3. The number of carbonyl (C=O) groups excluding carboxylic acids is 1. The van der Waals surface area contributed by atoms with Crippen LogP contribution in [0.15, 0.2) is 36.5 Å². The summed E-state index contributed by atoms with van der Waals surface area (Å²) in [6.45, 7) is 4.33. The molecule has 0 aromatic rings. The Morgan fingerprint density at radius 1 is 0.365 bits per heavy atom. The van der Waals surface area contributed by atoms with Gasteiger partial charge >= 0.3 is 0 Å². The number of amides is 1. The number of aliphatic hydroxyl groups excluding tert-OH is 2. The van der Waals surface area contributed by atoms with E-state index in [0.717, 1.165) is 32.1 Å². The van der Waals surface area contributed by atoms with E-state index in [2.05, 4.69) is 43.5 Å². The van der Waals surface area contributed by atoms with E-state index in [1.165, 1.54) is 263 Å². The molecule has 0 radical (unpaired) electrons. The molecule has 0 heterocycles. The van der Waals surface area contributed by atoms with Crippen molar-refractivity contribution in [3.8, 4) is 0 Å². The predicted molar refractivity (Wildman–Crippen MR) is 281 cm³/mol. The van der Waals surface area contributed by atoms with Gasteiger partial charge in [0.15, 0.2) is 0 Å². The molecule has 0 spiro atoms. The van der Waals surface area contributed by atoms with Crippen molar-refractivity contribution in [3.63, 3.8) is 0 Å². The Bertz CT molecular complexity index is 958. The number of carbonyl (C=O) groups is 1. The second-order valence-corrected chi connectivity index (χ2v) is 19.7. The molecule has 0 saturated carbocycles. The number of rotatable bonds is 53.